The van der Waals surface area contributed by atoms with Crippen molar-refractivity contribution in [3.05, 3.63) is 54.2 Å². The lowest BCUT2D eigenvalue weighted by atomic mass is 10.2. The molecular weight excluding hydrogens is 398 g/mol. The molecule has 146 valence electrons. The van der Waals surface area contributed by atoms with E-state index in [4.69, 9.17) is 4.74 Å². The topological polar surface area (TPSA) is 98.2 Å². The molecule has 1 N–H and O–H groups in total. The van der Waals surface area contributed by atoms with Gasteiger partial charge in [-0.15, -0.1) is 11.3 Å². The summed E-state index contributed by atoms with van der Waals surface area (Å²) in [6, 6.07) is 9.95. The zero-order chi connectivity index (χ0) is 20.0. The van der Waals surface area contributed by atoms with Gasteiger partial charge >= 0.3 is 0 Å². The van der Waals surface area contributed by atoms with E-state index in [2.05, 4.69) is 15.3 Å². The quantitative estimate of drug-likeness (QED) is 0.564. The number of rotatable bonds is 8. The van der Waals surface area contributed by atoms with E-state index in [1.54, 1.807) is 24.5 Å². The zero-order valence-corrected chi connectivity index (χ0v) is 16.8. The molecule has 0 atom stereocenters. The molecule has 2 aromatic heterocycles. The SMILES string of the molecule is CS(=O)(=O)c1ccc(OCCCC(=O)Nc2nc(-c3cccnc3)cs2)cc1. The number of carbonyl (C=O) groups is 1. The number of carbonyl (C=O) groups excluding carboxylic acids is 1. The van der Waals surface area contributed by atoms with Gasteiger partial charge in [0.2, 0.25) is 5.91 Å². The maximum absolute atomic E-state index is 12.0. The largest absolute Gasteiger partial charge is 0.494 e. The second-order valence-electron chi connectivity index (χ2n) is 6.02. The molecule has 3 rings (SSSR count). The van der Waals surface area contributed by atoms with Crippen molar-refractivity contribution in [2.45, 2.75) is 17.7 Å². The summed E-state index contributed by atoms with van der Waals surface area (Å²) in [5.74, 6) is 0.428. The first kappa shape index (κ1) is 20.0. The first-order chi connectivity index (χ1) is 13.4. The van der Waals surface area contributed by atoms with Gasteiger partial charge in [-0.1, -0.05) is 0 Å². The lowest BCUT2D eigenvalue weighted by Gasteiger charge is -2.07. The molecule has 0 radical (unpaired) electrons. The normalized spacial score (nSPS) is 11.2. The third-order valence-corrected chi connectivity index (χ3v) is 5.66. The van der Waals surface area contributed by atoms with Crippen LogP contribution in [0, 0.1) is 0 Å². The van der Waals surface area contributed by atoms with Gasteiger partial charge in [-0.3, -0.25) is 9.78 Å². The Balaban J connectivity index is 1.42. The summed E-state index contributed by atoms with van der Waals surface area (Å²) in [4.78, 5) is 20.7. The molecule has 7 nitrogen and oxygen atoms in total. The minimum absolute atomic E-state index is 0.136. The molecule has 0 unspecified atom stereocenters. The molecule has 2 heterocycles. The molecule has 3 aromatic rings. The van der Waals surface area contributed by atoms with Crippen LogP contribution in [-0.4, -0.2) is 37.2 Å². The molecule has 1 aromatic carbocycles. The molecule has 9 heteroatoms. The number of pyridine rings is 1. The molecule has 0 saturated carbocycles. The number of thiazole rings is 1. The number of sulfone groups is 1. The van der Waals surface area contributed by atoms with Crippen LogP contribution in [0.3, 0.4) is 0 Å². The Morgan fingerprint density at radius 1 is 1.21 bits per heavy atom. The number of hydrogen-bond donors (Lipinski definition) is 1. The average Bonchev–Trinajstić information content (AvgIpc) is 3.14. The summed E-state index contributed by atoms with van der Waals surface area (Å²) in [6.07, 6.45) is 5.40. The standard InChI is InChI=1S/C19H19N3O4S2/c1-28(24,25)16-8-6-15(7-9-16)26-11-3-5-18(23)22-19-21-17(13-27-19)14-4-2-10-20-12-14/h2,4,6-10,12-13H,3,5,11H2,1H3,(H,21,22,23). The van der Waals surface area contributed by atoms with Gasteiger partial charge in [-0.05, 0) is 42.8 Å². The van der Waals surface area contributed by atoms with Crippen LogP contribution in [0.4, 0.5) is 5.13 Å². The number of benzene rings is 1. The lowest BCUT2D eigenvalue weighted by molar-refractivity contribution is -0.116. The van der Waals surface area contributed by atoms with Crippen LogP contribution in [-0.2, 0) is 14.6 Å². The van der Waals surface area contributed by atoms with Crippen LogP contribution in [0.2, 0.25) is 0 Å². The Labute approximate surface area is 167 Å². The van der Waals surface area contributed by atoms with Gasteiger partial charge in [0.05, 0.1) is 17.2 Å². The third kappa shape index (κ3) is 5.61. The van der Waals surface area contributed by atoms with E-state index in [1.807, 2.05) is 17.5 Å². The smallest absolute Gasteiger partial charge is 0.226 e. The Kier molecular flexibility index (Phi) is 6.37. The number of nitrogens with one attached hydrogen (secondary N) is 1. The number of anilines is 1. The van der Waals surface area contributed by atoms with E-state index >= 15 is 0 Å². The second-order valence-corrected chi connectivity index (χ2v) is 8.90. The summed E-state index contributed by atoms with van der Waals surface area (Å²) in [7, 11) is -3.22. The Morgan fingerprint density at radius 2 is 2.00 bits per heavy atom. The Hall–Kier alpha value is -2.78. The number of nitrogens with zero attached hydrogens (tertiary/aromatic N) is 2. The average molecular weight is 418 g/mol. The number of hydrogen-bond acceptors (Lipinski definition) is 7. The Bertz CT molecular complexity index is 1030. The highest BCUT2D eigenvalue weighted by Crippen LogP contribution is 2.24. The number of amides is 1. The van der Waals surface area contributed by atoms with Gasteiger partial charge in [0.1, 0.15) is 5.75 Å². The van der Waals surface area contributed by atoms with Crippen LogP contribution in [0.1, 0.15) is 12.8 Å². The highest BCUT2D eigenvalue weighted by molar-refractivity contribution is 7.90. The fourth-order valence-corrected chi connectivity index (χ4v) is 3.73. The van der Waals surface area contributed by atoms with E-state index in [1.165, 1.54) is 23.5 Å². The molecule has 0 fully saturated rings. The van der Waals surface area contributed by atoms with Crippen molar-refractivity contribution in [3.8, 4) is 17.0 Å². The van der Waals surface area contributed by atoms with Gasteiger partial charge in [0.25, 0.3) is 0 Å². The molecule has 1 amide bonds. The van der Waals surface area contributed by atoms with Crippen molar-refractivity contribution in [1.29, 1.82) is 0 Å². The van der Waals surface area contributed by atoms with Crippen LogP contribution in [0.15, 0.2) is 59.1 Å². The molecule has 0 aliphatic rings. The highest BCUT2D eigenvalue weighted by atomic mass is 32.2. The van der Waals surface area contributed by atoms with Crippen molar-refractivity contribution in [1.82, 2.24) is 9.97 Å². The van der Waals surface area contributed by atoms with E-state index in [-0.39, 0.29) is 10.8 Å². The van der Waals surface area contributed by atoms with Crippen LogP contribution in [0.25, 0.3) is 11.3 Å². The summed E-state index contributed by atoms with van der Waals surface area (Å²) < 4.78 is 28.4. The zero-order valence-electron chi connectivity index (χ0n) is 15.2. The molecule has 0 aliphatic carbocycles. The highest BCUT2D eigenvalue weighted by Gasteiger charge is 2.09. The fourth-order valence-electron chi connectivity index (χ4n) is 2.37. The van der Waals surface area contributed by atoms with Gasteiger partial charge in [0, 0.05) is 36.0 Å². The Morgan fingerprint density at radius 3 is 2.68 bits per heavy atom. The monoisotopic (exact) mass is 417 g/mol. The van der Waals surface area contributed by atoms with Crippen LogP contribution in [0.5, 0.6) is 5.75 Å². The lowest BCUT2D eigenvalue weighted by Crippen LogP contribution is -2.12. The summed E-state index contributed by atoms with van der Waals surface area (Å²) in [5.41, 5.74) is 1.67. The molecular formula is C19H19N3O4S2. The van der Waals surface area contributed by atoms with E-state index in [0.29, 0.717) is 30.3 Å². The van der Waals surface area contributed by atoms with Gasteiger partial charge in [-0.2, -0.15) is 0 Å². The van der Waals surface area contributed by atoms with E-state index < -0.39 is 9.84 Å². The summed E-state index contributed by atoms with van der Waals surface area (Å²) in [5, 5.41) is 5.19. The first-order valence-corrected chi connectivity index (χ1v) is 11.3. The molecule has 0 aliphatic heterocycles. The van der Waals surface area contributed by atoms with Gasteiger partial charge in [0.15, 0.2) is 15.0 Å². The third-order valence-electron chi connectivity index (χ3n) is 3.78. The summed E-state index contributed by atoms with van der Waals surface area (Å²) in [6.45, 7) is 0.352. The minimum atomic E-state index is -3.22. The molecule has 0 spiro atoms. The molecule has 0 saturated heterocycles. The van der Waals surface area contributed by atoms with Crippen molar-refractivity contribution >= 4 is 32.2 Å². The van der Waals surface area contributed by atoms with Crippen molar-refractivity contribution < 1.29 is 17.9 Å². The molecule has 0 bridgehead atoms. The number of aromatic nitrogens is 2. The maximum Gasteiger partial charge on any atom is 0.226 e. The summed E-state index contributed by atoms with van der Waals surface area (Å²) >= 11 is 1.36. The predicted molar refractivity (Wildman–Crippen MR) is 108 cm³/mol. The van der Waals surface area contributed by atoms with Gasteiger partial charge in [-0.25, -0.2) is 13.4 Å². The second kappa shape index (κ2) is 8.94. The van der Waals surface area contributed by atoms with Crippen LogP contribution >= 0.6 is 11.3 Å². The fraction of sp³-hybridized carbons (Fsp3) is 0.211. The van der Waals surface area contributed by atoms with Crippen molar-refractivity contribution in [2.75, 3.05) is 18.2 Å². The van der Waals surface area contributed by atoms with Gasteiger partial charge < -0.3 is 10.1 Å². The molecule has 28 heavy (non-hydrogen) atoms. The van der Waals surface area contributed by atoms with E-state index in [9.17, 15) is 13.2 Å². The van der Waals surface area contributed by atoms with Crippen LogP contribution < -0.4 is 10.1 Å². The number of ether oxygens (including phenoxy) is 1. The van der Waals surface area contributed by atoms with Crippen molar-refractivity contribution in [3.63, 3.8) is 0 Å². The minimum Gasteiger partial charge on any atom is -0.494 e. The maximum atomic E-state index is 12.0. The predicted octanol–water partition coefficient (Wildman–Crippen LogP) is 3.41. The first-order valence-electron chi connectivity index (χ1n) is 8.50. The van der Waals surface area contributed by atoms with Crippen molar-refractivity contribution in [2.24, 2.45) is 0 Å². The van der Waals surface area contributed by atoms with E-state index in [0.717, 1.165) is 17.5 Å².